The minimum absolute atomic E-state index is 0.0344. The van der Waals surface area contributed by atoms with Gasteiger partial charge in [-0.05, 0) is 18.1 Å². The quantitative estimate of drug-likeness (QED) is 0.466. The molecule has 0 amide bonds. The van der Waals surface area contributed by atoms with E-state index in [-0.39, 0.29) is 5.69 Å². The second-order valence-corrected chi connectivity index (χ2v) is 3.58. The van der Waals surface area contributed by atoms with Crippen molar-refractivity contribution in [1.82, 2.24) is 0 Å². The molecule has 70 valence electrons. The number of hydrogen-bond donors (Lipinski definition) is 0. The van der Waals surface area contributed by atoms with Gasteiger partial charge in [0.05, 0.1) is 9.95 Å². The topological polar surface area (TPSA) is 43.1 Å². The molecule has 0 spiro atoms. The SMILES string of the molecule is Cc1cc([N+](=O)[O-])cc(Cl)c1CBr. The number of rotatable bonds is 2. The van der Waals surface area contributed by atoms with Crippen LogP contribution in [0.25, 0.3) is 0 Å². The molecule has 0 bridgehead atoms. The average Bonchev–Trinajstić information content (AvgIpc) is 2.03. The van der Waals surface area contributed by atoms with Crippen molar-refractivity contribution in [3.8, 4) is 0 Å². The fourth-order valence-electron chi connectivity index (χ4n) is 1.03. The highest BCUT2D eigenvalue weighted by Gasteiger charge is 2.11. The van der Waals surface area contributed by atoms with Crippen molar-refractivity contribution in [2.45, 2.75) is 12.3 Å². The van der Waals surface area contributed by atoms with E-state index in [4.69, 9.17) is 11.6 Å². The normalized spacial score (nSPS) is 10.1. The number of non-ortho nitro benzene ring substituents is 1. The summed E-state index contributed by atoms with van der Waals surface area (Å²) in [5.41, 5.74) is 1.76. The number of nitro groups is 1. The van der Waals surface area contributed by atoms with Crippen LogP contribution in [0.3, 0.4) is 0 Å². The summed E-state index contributed by atoms with van der Waals surface area (Å²) in [6, 6.07) is 2.88. The maximum atomic E-state index is 10.4. The highest BCUT2D eigenvalue weighted by molar-refractivity contribution is 9.08. The zero-order chi connectivity index (χ0) is 10.0. The highest BCUT2D eigenvalue weighted by Crippen LogP contribution is 2.27. The number of hydrogen-bond acceptors (Lipinski definition) is 2. The first kappa shape index (κ1) is 10.5. The van der Waals surface area contributed by atoms with Crippen molar-refractivity contribution in [2.24, 2.45) is 0 Å². The molecule has 0 aromatic heterocycles. The lowest BCUT2D eigenvalue weighted by Gasteiger charge is -2.03. The van der Waals surface area contributed by atoms with Crippen LogP contribution in [0.2, 0.25) is 5.02 Å². The molecule has 3 nitrogen and oxygen atoms in total. The number of nitrogens with zero attached hydrogens (tertiary/aromatic N) is 1. The fourth-order valence-corrected chi connectivity index (χ4v) is 2.26. The Kier molecular flexibility index (Phi) is 3.27. The summed E-state index contributed by atoms with van der Waals surface area (Å²) >= 11 is 9.11. The van der Waals surface area contributed by atoms with Gasteiger partial charge in [-0.1, -0.05) is 27.5 Å². The molecule has 0 saturated heterocycles. The first-order chi connectivity index (χ1) is 6.06. The summed E-state index contributed by atoms with van der Waals surface area (Å²) in [6.07, 6.45) is 0. The Bertz CT molecular complexity index is 331. The van der Waals surface area contributed by atoms with E-state index in [1.807, 2.05) is 0 Å². The van der Waals surface area contributed by atoms with Gasteiger partial charge in [0.2, 0.25) is 0 Å². The van der Waals surface area contributed by atoms with Gasteiger partial charge in [-0.25, -0.2) is 0 Å². The molecule has 0 aliphatic carbocycles. The molecule has 1 aromatic rings. The highest BCUT2D eigenvalue weighted by atomic mass is 79.9. The van der Waals surface area contributed by atoms with E-state index < -0.39 is 4.92 Å². The Morgan fingerprint density at radius 2 is 2.23 bits per heavy atom. The number of benzene rings is 1. The van der Waals surface area contributed by atoms with Crippen LogP contribution >= 0.6 is 27.5 Å². The van der Waals surface area contributed by atoms with E-state index in [2.05, 4.69) is 15.9 Å². The number of alkyl halides is 1. The summed E-state index contributed by atoms with van der Waals surface area (Å²) in [6.45, 7) is 1.80. The summed E-state index contributed by atoms with van der Waals surface area (Å²) in [5, 5.41) is 11.5. The van der Waals surface area contributed by atoms with Crippen LogP contribution in [0.5, 0.6) is 0 Å². The molecule has 1 rings (SSSR count). The van der Waals surface area contributed by atoms with Crippen molar-refractivity contribution < 1.29 is 4.92 Å². The Morgan fingerprint density at radius 1 is 1.62 bits per heavy atom. The van der Waals surface area contributed by atoms with Crippen molar-refractivity contribution in [3.05, 3.63) is 38.4 Å². The van der Waals surface area contributed by atoms with Crippen molar-refractivity contribution in [3.63, 3.8) is 0 Å². The van der Waals surface area contributed by atoms with E-state index >= 15 is 0 Å². The van der Waals surface area contributed by atoms with Crippen molar-refractivity contribution in [1.29, 1.82) is 0 Å². The standard InChI is InChI=1S/C8H7BrClNO2/c1-5-2-6(11(12)13)3-8(10)7(5)4-9/h2-3H,4H2,1H3. The smallest absolute Gasteiger partial charge is 0.258 e. The van der Waals surface area contributed by atoms with E-state index in [9.17, 15) is 10.1 Å². The van der Waals surface area contributed by atoms with E-state index in [0.717, 1.165) is 11.1 Å². The molecular weight excluding hydrogens is 257 g/mol. The third kappa shape index (κ3) is 2.19. The van der Waals surface area contributed by atoms with Crippen LogP contribution in [0.15, 0.2) is 12.1 Å². The summed E-state index contributed by atoms with van der Waals surface area (Å²) in [4.78, 5) is 9.99. The van der Waals surface area contributed by atoms with Gasteiger partial charge < -0.3 is 0 Å². The molecule has 0 radical (unpaired) electrons. The first-order valence-electron chi connectivity index (χ1n) is 3.55. The predicted molar refractivity (Wildman–Crippen MR) is 55.5 cm³/mol. The second-order valence-electron chi connectivity index (χ2n) is 2.61. The van der Waals surface area contributed by atoms with Gasteiger partial charge in [0, 0.05) is 17.5 Å². The molecule has 13 heavy (non-hydrogen) atoms. The molecule has 0 aliphatic heterocycles. The fraction of sp³-hybridized carbons (Fsp3) is 0.250. The maximum Gasteiger partial charge on any atom is 0.271 e. The van der Waals surface area contributed by atoms with Crippen LogP contribution < -0.4 is 0 Å². The number of aryl methyl sites for hydroxylation is 1. The third-order valence-corrected chi connectivity index (χ3v) is 2.65. The molecule has 0 unspecified atom stereocenters. The van der Waals surface area contributed by atoms with Gasteiger partial charge >= 0.3 is 0 Å². The minimum Gasteiger partial charge on any atom is -0.258 e. The van der Waals surface area contributed by atoms with E-state index in [1.165, 1.54) is 12.1 Å². The lowest BCUT2D eigenvalue weighted by Crippen LogP contribution is -1.92. The van der Waals surface area contributed by atoms with Crippen LogP contribution in [0, 0.1) is 17.0 Å². The van der Waals surface area contributed by atoms with Gasteiger partial charge in [-0.3, -0.25) is 10.1 Å². The number of nitro benzene ring substituents is 1. The molecule has 0 fully saturated rings. The average molecular weight is 265 g/mol. The largest absolute Gasteiger partial charge is 0.271 e. The third-order valence-electron chi connectivity index (χ3n) is 1.75. The van der Waals surface area contributed by atoms with Crippen LogP contribution in [0.1, 0.15) is 11.1 Å². The minimum atomic E-state index is -0.448. The summed E-state index contributed by atoms with van der Waals surface area (Å²) < 4.78 is 0. The molecule has 5 heteroatoms. The zero-order valence-corrected chi connectivity index (χ0v) is 9.22. The monoisotopic (exact) mass is 263 g/mol. The first-order valence-corrected chi connectivity index (χ1v) is 5.05. The van der Waals surface area contributed by atoms with Gasteiger partial charge in [-0.2, -0.15) is 0 Å². The van der Waals surface area contributed by atoms with Gasteiger partial charge in [0.25, 0.3) is 5.69 Å². The Hall–Kier alpha value is -0.610. The Morgan fingerprint density at radius 3 is 2.62 bits per heavy atom. The van der Waals surface area contributed by atoms with Gasteiger partial charge in [0.1, 0.15) is 0 Å². The predicted octanol–water partition coefficient (Wildman–Crippen LogP) is 3.45. The van der Waals surface area contributed by atoms with Gasteiger partial charge in [0.15, 0.2) is 0 Å². The lowest BCUT2D eigenvalue weighted by molar-refractivity contribution is -0.384. The number of halogens is 2. The van der Waals surface area contributed by atoms with Crippen molar-refractivity contribution >= 4 is 33.2 Å². The van der Waals surface area contributed by atoms with Gasteiger partial charge in [-0.15, -0.1) is 0 Å². The molecule has 0 N–H and O–H groups in total. The summed E-state index contributed by atoms with van der Waals surface area (Å²) in [7, 11) is 0. The molecule has 0 aliphatic rings. The molecule has 1 aromatic carbocycles. The maximum absolute atomic E-state index is 10.4. The zero-order valence-electron chi connectivity index (χ0n) is 6.88. The van der Waals surface area contributed by atoms with Crippen LogP contribution in [0.4, 0.5) is 5.69 Å². The lowest BCUT2D eigenvalue weighted by atomic mass is 10.1. The van der Waals surface area contributed by atoms with Crippen molar-refractivity contribution in [2.75, 3.05) is 0 Å². The Labute approximate surface area is 89.0 Å². The molecular formula is C8H7BrClNO2. The summed E-state index contributed by atoms with van der Waals surface area (Å²) in [5.74, 6) is 0. The van der Waals surface area contributed by atoms with Crippen LogP contribution in [-0.2, 0) is 5.33 Å². The van der Waals surface area contributed by atoms with E-state index in [0.29, 0.717) is 10.4 Å². The molecule has 0 heterocycles. The second kappa shape index (κ2) is 4.07. The van der Waals surface area contributed by atoms with E-state index in [1.54, 1.807) is 6.92 Å². The van der Waals surface area contributed by atoms with Crippen LogP contribution in [-0.4, -0.2) is 4.92 Å². The Balaban J connectivity index is 3.28. The molecule has 0 saturated carbocycles. The molecule has 0 atom stereocenters.